The molecule has 0 aliphatic carbocycles. The van der Waals surface area contributed by atoms with Gasteiger partial charge in [-0.25, -0.2) is 4.98 Å². The molecule has 4 rings (SSSR count). The van der Waals surface area contributed by atoms with Gasteiger partial charge in [-0.05, 0) is 62.4 Å². The summed E-state index contributed by atoms with van der Waals surface area (Å²) in [5.74, 6) is 2.07. The number of anilines is 5. The summed E-state index contributed by atoms with van der Waals surface area (Å²) < 4.78 is 5.34. The quantitative estimate of drug-likeness (QED) is 0.371. The molecule has 0 bridgehead atoms. The summed E-state index contributed by atoms with van der Waals surface area (Å²) >= 11 is 0. The van der Waals surface area contributed by atoms with Crippen molar-refractivity contribution in [3.05, 3.63) is 72.8 Å². The molecule has 2 N–H and O–H groups in total. The molecule has 0 aliphatic heterocycles. The van der Waals surface area contributed by atoms with Gasteiger partial charge < -0.3 is 20.3 Å². The van der Waals surface area contributed by atoms with Crippen LogP contribution in [-0.4, -0.2) is 30.2 Å². The zero-order valence-corrected chi connectivity index (χ0v) is 18.1. The van der Waals surface area contributed by atoms with Crippen molar-refractivity contribution in [2.75, 3.05) is 35.7 Å². The smallest absolute Gasteiger partial charge is 0.229 e. The van der Waals surface area contributed by atoms with E-state index in [2.05, 4.69) is 53.6 Å². The van der Waals surface area contributed by atoms with E-state index in [0.717, 1.165) is 46.9 Å². The fraction of sp³-hybridized carbons (Fsp3) is 0.200. The molecule has 0 unspecified atom stereocenters. The Kier molecular flexibility index (Phi) is 6.17. The zero-order chi connectivity index (χ0) is 21.6. The van der Waals surface area contributed by atoms with Crippen molar-refractivity contribution in [1.82, 2.24) is 9.97 Å². The lowest BCUT2D eigenvalue weighted by Crippen LogP contribution is -2.21. The van der Waals surface area contributed by atoms with Crippen molar-refractivity contribution < 1.29 is 4.74 Å². The number of aromatic nitrogens is 2. The summed E-state index contributed by atoms with van der Waals surface area (Å²) in [6, 6.07) is 24.1. The second kappa shape index (κ2) is 9.34. The molecule has 158 valence electrons. The molecule has 0 aliphatic rings. The highest BCUT2D eigenvalue weighted by molar-refractivity contribution is 5.92. The molecule has 0 radical (unpaired) electrons. The van der Waals surface area contributed by atoms with Gasteiger partial charge in [0.25, 0.3) is 0 Å². The minimum Gasteiger partial charge on any atom is -0.497 e. The molecule has 1 heterocycles. The van der Waals surface area contributed by atoms with Crippen molar-refractivity contribution in [2.45, 2.75) is 13.8 Å². The molecular formula is C25H27N5O. The lowest BCUT2D eigenvalue weighted by Gasteiger charge is -2.21. The van der Waals surface area contributed by atoms with Gasteiger partial charge in [0.1, 0.15) is 11.6 Å². The minimum absolute atomic E-state index is 0.541. The Morgan fingerprint density at radius 2 is 1.58 bits per heavy atom. The fourth-order valence-electron chi connectivity index (χ4n) is 3.54. The molecule has 0 fully saturated rings. The number of hydrogen-bond donors (Lipinski definition) is 2. The minimum atomic E-state index is 0.541. The summed E-state index contributed by atoms with van der Waals surface area (Å²) in [6.07, 6.45) is 0. The number of nitrogens with one attached hydrogen (secondary N) is 2. The van der Waals surface area contributed by atoms with Gasteiger partial charge in [0.05, 0.1) is 12.6 Å². The van der Waals surface area contributed by atoms with Crippen LogP contribution in [0.3, 0.4) is 0 Å². The molecule has 0 saturated heterocycles. The van der Waals surface area contributed by atoms with Gasteiger partial charge in [-0.3, -0.25) is 0 Å². The van der Waals surface area contributed by atoms with Crippen LogP contribution in [0.5, 0.6) is 5.75 Å². The van der Waals surface area contributed by atoms with E-state index in [1.807, 2.05) is 48.5 Å². The Morgan fingerprint density at radius 1 is 0.806 bits per heavy atom. The molecule has 6 heteroatoms. The maximum Gasteiger partial charge on any atom is 0.229 e. The lowest BCUT2D eigenvalue weighted by molar-refractivity contribution is 0.415. The molecule has 1 aromatic heterocycles. The van der Waals surface area contributed by atoms with Gasteiger partial charge in [-0.1, -0.05) is 18.2 Å². The SMILES string of the molecule is CCN(CC)c1ccc(Nc2nc(Nc3cccc(OC)c3)c3ccccc3n2)cc1. The average Bonchev–Trinajstić information content (AvgIpc) is 2.81. The molecule has 0 atom stereocenters. The van der Waals surface area contributed by atoms with E-state index in [9.17, 15) is 0 Å². The summed E-state index contributed by atoms with van der Waals surface area (Å²) in [4.78, 5) is 11.8. The fourth-order valence-corrected chi connectivity index (χ4v) is 3.54. The molecule has 3 aromatic carbocycles. The highest BCUT2D eigenvalue weighted by Gasteiger charge is 2.09. The third kappa shape index (κ3) is 4.69. The third-order valence-corrected chi connectivity index (χ3v) is 5.19. The van der Waals surface area contributed by atoms with E-state index in [4.69, 9.17) is 14.7 Å². The average molecular weight is 414 g/mol. The van der Waals surface area contributed by atoms with Crippen LogP contribution in [0.15, 0.2) is 72.8 Å². The van der Waals surface area contributed by atoms with Crippen LogP contribution in [0.2, 0.25) is 0 Å². The van der Waals surface area contributed by atoms with Crippen LogP contribution in [0.4, 0.5) is 28.8 Å². The molecule has 0 saturated carbocycles. The van der Waals surface area contributed by atoms with E-state index < -0.39 is 0 Å². The summed E-state index contributed by atoms with van der Waals surface area (Å²) in [5.41, 5.74) is 3.91. The first-order chi connectivity index (χ1) is 15.2. The third-order valence-electron chi connectivity index (χ3n) is 5.19. The monoisotopic (exact) mass is 413 g/mol. The maximum absolute atomic E-state index is 5.34. The van der Waals surface area contributed by atoms with Gasteiger partial charge in [0.2, 0.25) is 5.95 Å². The number of rotatable bonds is 8. The number of ether oxygens (including phenoxy) is 1. The van der Waals surface area contributed by atoms with Gasteiger partial charge in [0, 0.05) is 41.6 Å². The molecule has 0 spiro atoms. The number of para-hydroxylation sites is 1. The predicted octanol–water partition coefficient (Wildman–Crippen LogP) is 5.97. The summed E-state index contributed by atoms with van der Waals surface area (Å²) in [5, 5.41) is 7.70. The molecule has 6 nitrogen and oxygen atoms in total. The first-order valence-electron chi connectivity index (χ1n) is 10.5. The van der Waals surface area contributed by atoms with Crippen LogP contribution < -0.4 is 20.3 Å². The van der Waals surface area contributed by atoms with Gasteiger partial charge >= 0.3 is 0 Å². The Balaban J connectivity index is 1.64. The van der Waals surface area contributed by atoms with E-state index in [1.165, 1.54) is 5.69 Å². The molecule has 4 aromatic rings. The van der Waals surface area contributed by atoms with E-state index >= 15 is 0 Å². The Labute approximate surface area is 182 Å². The number of hydrogen-bond acceptors (Lipinski definition) is 6. The molecular weight excluding hydrogens is 386 g/mol. The van der Waals surface area contributed by atoms with Crippen molar-refractivity contribution >= 4 is 39.7 Å². The largest absolute Gasteiger partial charge is 0.497 e. The standard InChI is InChI=1S/C25H27N5O/c1-4-30(5-2)20-15-13-18(14-16-20)27-25-28-23-12-7-6-11-22(23)24(29-25)26-19-9-8-10-21(17-19)31-3/h6-17H,4-5H2,1-3H3,(H2,26,27,28,29). The predicted molar refractivity (Wildman–Crippen MR) is 129 cm³/mol. The number of methoxy groups -OCH3 is 1. The Bertz CT molecular complexity index is 1160. The first kappa shape index (κ1) is 20.5. The summed E-state index contributed by atoms with van der Waals surface area (Å²) in [6.45, 7) is 6.29. The van der Waals surface area contributed by atoms with E-state index in [-0.39, 0.29) is 0 Å². The highest BCUT2D eigenvalue weighted by Crippen LogP contribution is 2.28. The van der Waals surface area contributed by atoms with Crippen LogP contribution in [0, 0.1) is 0 Å². The van der Waals surface area contributed by atoms with Crippen molar-refractivity contribution in [3.8, 4) is 5.75 Å². The zero-order valence-electron chi connectivity index (χ0n) is 18.1. The number of nitrogens with zero attached hydrogens (tertiary/aromatic N) is 3. The Morgan fingerprint density at radius 3 is 2.32 bits per heavy atom. The second-order valence-electron chi connectivity index (χ2n) is 7.11. The molecule has 31 heavy (non-hydrogen) atoms. The van der Waals surface area contributed by atoms with Crippen molar-refractivity contribution in [3.63, 3.8) is 0 Å². The Hall–Kier alpha value is -3.80. The maximum atomic E-state index is 5.34. The van der Waals surface area contributed by atoms with E-state index in [0.29, 0.717) is 5.95 Å². The van der Waals surface area contributed by atoms with Gasteiger partial charge in [-0.15, -0.1) is 0 Å². The van der Waals surface area contributed by atoms with Crippen LogP contribution in [-0.2, 0) is 0 Å². The first-order valence-corrected chi connectivity index (χ1v) is 10.5. The van der Waals surface area contributed by atoms with Crippen LogP contribution in [0.1, 0.15) is 13.8 Å². The van der Waals surface area contributed by atoms with Crippen LogP contribution >= 0.6 is 0 Å². The number of benzene rings is 3. The van der Waals surface area contributed by atoms with Crippen molar-refractivity contribution in [2.24, 2.45) is 0 Å². The van der Waals surface area contributed by atoms with Gasteiger partial charge in [-0.2, -0.15) is 4.98 Å². The highest BCUT2D eigenvalue weighted by atomic mass is 16.5. The molecule has 0 amide bonds. The topological polar surface area (TPSA) is 62.3 Å². The van der Waals surface area contributed by atoms with Crippen LogP contribution in [0.25, 0.3) is 10.9 Å². The van der Waals surface area contributed by atoms with Crippen molar-refractivity contribution in [1.29, 1.82) is 0 Å². The summed E-state index contributed by atoms with van der Waals surface area (Å²) in [7, 11) is 1.66. The second-order valence-corrected chi connectivity index (χ2v) is 7.11. The normalized spacial score (nSPS) is 10.7. The number of fused-ring (bicyclic) bond motifs is 1. The lowest BCUT2D eigenvalue weighted by atomic mass is 10.2. The van der Waals surface area contributed by atoms with Gasteiger partial charge in [0.15, 0.2) is 0 Å². The van der Waals surface area contributed by atoms with E-state index in [1.54, 1.807) is 7.11 Å².